The summed E-state index contributed by atoms with van der Waals surface area (Å²) in [7, 11) is 1.64. The zero-order chi connectivity index (χ0) is 21.3. The summed E-state index contributed by atoms with van der Waals surface area (Å²) in [5, 5.41) is 0.692. The fourth-order valence-electron chi connectivity index (χ4n) is 4.09. The number of ether oxygens (including phenoxy) is 1. The molecular weight excluding hydrogens is 442 g/mol. The zero-order valence-corrected chi connectivity index (χ0v) is 18.9. The van der Waals surface area contributed by atoms with Crippen LogP contribution in [0.1, 0.15) is 45.7 Å². The lowest BCUT2D eigenvalue weighted by Crippen LogP contribution is -2.40. The first-order chi connectivity index (χ1) is 14.5. The number of nitrogens with zero attached hydrogens (tertiary/aromatic N) is 3. The maximum Gasteiger partial charge on any atom is 0.254 e. The fraction of sp³-hybridized carbons (Fsp3) is 0.292. The van der Waals surface area contributed by atoms with Gasteiger partial charge in [0, 0.05) is 42.1 Å². The maximum absolute atomic E-state index is 13.6. The molecule has 3 heterocycles. The quantitative estimate of drug-likeness (QED) is 0.490. The van der Waals surface area contributed by atoms with E-state index in [9.17, 15) is 4.79 Å². The topological polar surface area (TPSA) is 55.3 Å². The van der Waals surface area contributed by atoms with Gasteiger partial charge in [0.1, 0.15) is 5.75 Å². The van der Waals surface area contributed by atoms with E-state index in [0.29, 0.717) is 11.9 Å². The van der Waals surface area contributed by atoms with Crippen LogP contribution >= 0.6 is 15.9 Å². The predicted octanol–water partition coefficient (Wildman–Crippen LogP) is 5.12. The molecule has 6 heteroatoms. The van der Waals surface area contributed by atoms with Crippen LogP contribution in [-0.2, 0) is 11.8 Å². The Bertz CT molecular complexity index is 1100. The Balaban J connectivity index is 1.76. The number of carbonyl (C=O) groups excluding carboxylic acids is 1. The predicted molar refractivity (Wildman–Crippen MR) is 121 cm³/mol. The Labute approximate surface area is 185 Å². The number of rotatable bonds is 5. The standard InChI is InChI=1S/C24H24BrN3O2/c1-15-14-26-7-5-19(15)21-10-17(13-25)11-22-20(21)6-9-28(24(22)29)16(2)23-12-18(30-3)4-8-27-23/h4-5,7-8,10-12,14,16H,6,9,13H2,1-3H3/t16-/m0/s1. The van der Waals surface area contributed by atoms with E-state index in [0.717, 1.165) is 51.2 Å². The van der Waals surface area contributed by atoms with Crippen molar-refractivity contribution in [2.24, 2.45) is 0 Å². The molecule has 0 N–H and O–H groups in total. The van der Waals surface area contributed by atoms with Gasteiger partial charge in [0.05, 0.1) is 18.8 Å². The number of alkyl halides is 1. The van der Waals surface area contributed by atoms with E-state index in [1.807, 2.05) is 48.5 Å². The minimum absolute atomic E-state index is 0.0455. The summed E-state index contributed by atoms with van der Waals surface area (Å²) in [6.07, 6.45) is 6.20. The number of carbonyl (C=O) groups is 1. The van der Waals surface area contributed by atoms with Gasteiger partial charge >= 0.3 is 0 Å². The molecule has 3 aromatic rings. The molecule has 0 unspecified atom stereocenters. The third kappa shape index (κ3) is 3.72. The molecule has 0 radical (unpaired) electrons. The summed E-state index contributed by atoms with van der Waals surface area (Å²) in [5.74, 6) is 0.790. The normalized spacial score (nSPS) is 14.4. The van der Waals surface area contributed by atoms with Crippen molar-refractivity contribution in [2.75, 3.05) is 13.7 Å². The molecule has 0 aliphatic carbocycles. The van der Waals surface area contributed by atoms with Gasteiger partial charge in [-0.05, 0) is 72.4 Å². The molecule has 1 atom stereocenters. The molecule has 30 heavy (non-hydrogen) atoms. The summed E-state index contributed by atoms with van der Waals surface area (Å²) in [6.45, 7) is 4.73. The molecular formula is C24H24BrN3O2. The van der Waals surface area contributed by atoms with Crippen LogP contribution in [0, 0.1) is 6.92 Å². The number of pyridine rings is 2. The average Bonchev–Trinajstić information content (AvgIpc) is 2.79. The lowest BCUT2D eigenvalue weighted by Gasteiger charge is -2.34. The van der Waals surface area contributed by atoms with Crippen LogP contribution in [0.5, 0.6) is 5.75 Å². The highest BCUT2D eigenvalue weighted by atomic mass is 79.9. The minimum atomic E-state index is -0.139. The van der Waals surface area contributed by atoms with Gasteiger partial charge < -0.3 is 9.64 Å². The van der Waals surface area contributed by atoms with Crippen LogP contribution in [0.15, 0.2) is 48.9 Å². The average molecular weight is 466 g/mol. The van der Waals surface area contributed by atoms with E-state index in [4.69, 9.17) is 4.74 Å². The minimum Gasteiger partial charge on any atom is -0.497 e. The van der Waals surface area contributed by atoms with E-state index in [1.165, 1.54) is 0 Å². The number of aromatic nitrogens is 2. The van der Waals surface area contributed by atoms with E-state index in [1.54, 1.807) is 13.3 Å². The van der Waals surface area contributed by atoms with Crippen molar-refractivity contribution in [2.45, 2.75) is 31.6 Å². The largest absolute Gasteiger partial charge is 0.497 e. The summed E-state index contributed by atoms with van der Waals surface area (Å²) >= 11 is 3.57. The summed E-state index contributed by atoms with van der Waals surface area (Å²) < 4.78 is 5.33. The fourth-order valence-corrected chi connectivity index (χ4v) is 4.41. The molecule has 5 nitrogen and oxygen atoms in total. The van der Waals surface area contributed by atoms with Gasteiger partial charge in [-0.1, -0.05) is 15.9 Å². The Morgan fingerprint density at radius 1 is 1.17 bits per heavy atom. The van der Waals surface area contributed by atoms with Gasteiger partial charge in [-0.2, -0.15) is 0 Å². The first-order valence-electron chi connectivity index (χ1n) is 9.97. The van der Waals surface area contributed by atoms with Gasteiger partial charge in [0.15, 0.2) is 0 Å². The van der Waals surface area contributed by atoms with Crippen molar-refractivity contribution < 1.29 is 9.53 Å². The molecule has 154 valence electrons. The van der Waals surface area contributed by atoms with Crippen molar-refractivity contribution in [3.63, 3.8) is 0 Å². The van der Waals surface area contributed by atoms with Crippen molar-refractivity contribution in [3.8, 4) is 16.9 Å². The van der Waals surface area contributed by atoms with E-state index < -0.39 is 0 Å². The number of aryl methyl sites for hydroxylation is 1. The van der Waals surface area contributed by atoms with Gasteiger partial charge in [0.2, 0.25) is 0 Å². The molecule has 0 saturated heterocycles. The van der Waals surface area contributed by atoms with Gasteiger partial charge in [0.25, 0.3) is 5.91 Å². The molecule has 0 saturated carbocycles. The lowest BCUT2D eigenvalue weighted by atomic mass is 9.87. The first-order valence-corrected chi connectivity index (χ1v) is 11.1. The van der Waals surface area contributed by atoms with E-state index in [2.05, 4.69) is 38.9 Å². The van der Waals surface area contributed by atoms with Gasteiger partial charge in [-0.3, -0.25) is 14.8 Å². The summed E-state index contributed by atoms with van der Waals surface area (Å²) in [4.78, 5) is 24.2. The number of fused-ring (bicyclic) bond motifs is 1. The number of hydrogen-bond acceptors (Lipinski definition) is 4. The number of hydrogen-bond donors (Lipinski definition) is 0. The Kier molecular flexibility index (Phi) is 5.86. The van der Waals surface area contributed by atoms with Crippen LogP contribution in [0.2, 0.25) is 0 Å². The van der Waals surface area contributed by atoms with Crippen molar-refractivity contribution in [3.05, 3.63) is 76.9 Å². The summed E-state index contributed by atoms with van der Waals surface area (Å²) in [6, 6.07) is 9.81. The zero-order valence-electron chi connectivity index (χ0n) is 17.4. The molecule has 1 amide bonds. The SMILES string of the molecule is COc1ccnc([C@H](C)N2CCc3c(cc(CBr)cc3-c3ccncc3C)C2=O)c1. The van der Waals surface area contributed by atoms with Gasteiger partial charge in [-0.25, -0.2) is 0 Å². The lowest BCUT2D eigenvalue weighted by molar-refractivity contribution is 0.0669. The molecule has 1 aromatic carbocycles. The van der Waals surface area contributed by atoms with Crippen LogP contribution < -0.4 is 4.74 Å². The molecule has 1 aliphatic heterocycles. The monoisotopic (exact) mass is 465 g/mol. The molecule has 4 rings (SSSR count). The molecule has 1 aliphatic rings. The highest BCUT2D eigenvalue weighted by Crippen LogP contribution is 2.36. The third-order valence-corrected chi connectivity index (χ3v) is 6.40. The van der Waals surface area contributed by atoms with Crippen LogP contribution in [0.3, 0.4) is 0 Å². The highest BCUT2D eigenvalue weighted by molar-refractivity contribution is 9.08. The van der Waals surface area contributed by atoms with Crippen LogP contribution in [-0.4, -0.2) is 34.4 Å². The molecule has 0 fully saturated rings. The maximum atomic E-state index is 13.6. The molecule has 0 spiro atoms. The van der Waals surface area contributed by atoms with Gasteiger partial charge in [-0.15, -0.1) is 0 Å². The molecule has 2 aromatic heterocycles. The second-order valence-corrected chi connectivity index (χ2v) is 8.10. The second kappa shape index (κ2) is 8.56. The van der Waals surface area contributed by atoms with Crippen molar-refractivity contribution >= 4 is 21.8 Å². The van der Waals surface area contributed by atoms with E-state index in [-0.39, 0.29) is 11.9 Å². The van der Waals surface area contributed by atoms with E-state index >= 15 is 0 Å². The Morgan fingerprint density at radius 3 is 2.70 bits per heavy atom. The highest BCUT2D eigenvalue weighted by Gasteiger charge is 2.31. The number of benzene rings is 1. The molecule has 0 bridgehead atoms. The first kappa shape index (κ1) is 20.5. The Hall–Kier alpha value is -2.73. The Morgan fingerprint density at radius 2 is 1.97 bits per heavy atom. The van der Waals surface area contributed by atoms with Crippen molar-refractivity contribution in [1.29, 1.82) is 0 Å². The number of amides is 1. The van der Waals surface area contributed by atoms with Crippen LogP contribution in [0.4, 0.5) is 0 Å². The third-order valence-electron chi connectivity index (χ3n) is 5.75. The number of methoxy groups -OCH3 is 1. The summed E-state index contributed by atoms with van der Waals surface area (Å²) in [5.41, 5.74) is 7.17. The number of halogens is 1. The second-order valence-electron chi connectivity index (χ2n) is 7.54. The van der Waals surface area contributed by atoms with Crippen LogP contribution in [0.25, 0.3) is 11.1 Å². The smallest absolute Gasteiger partial charge is 0.254 e. The van der Waals surface area contributed by atoms with Crippen molar-refractivity contribution in [1.82, 2.24) is 14.9 Å².